The van der Waals surface area contributed by atoms with Crippen molar-refractivity contribution in [2.24, 2.45) is 28.6 Å². The molecule has 0 aromatic rings. The summed E-state index contributed by atoms with van der Waals surface area (Å²) in [6, 6.07) is 0.110. The van der Waals surface area contributed by atoms with Crippen LogP contribution in [0.5, 0.6) is 0 Å². The van der Waals surface area contributed by atoms with E-state index in [4.69, 9.17) is 13.1 Å². The van der Waals surface area contributed by atoms with Crippen molar-refractivity contribution < 1.29 is 5.11 Å². The maximum atomic E-state index is 10.1. The summed E-state index contributed by atoms with van der Waals surface area (Å²) >= 11 is 0. The first kappa shape index (κ1) is 16.2. The van der Waals surface area contributed by atoms with Gasteiger partial charge in [-0.05, 0) is 61.9 Å². The van der Waals surface area contributed by atoms with E-state index in [0.717, 1.165) is 44.9 Å². The highest BCUT2D eigenvalue weighted by atomic mass is 16.3. The third kappa shape index (κ3) is 1.98. The van der Waals surface area contributed by atoms with Gasteiger partial charge in [0.1, 0.15) is 0 Å². The number of nitrogens with zero attached hydrogens (tertiary/aromatic N) is 2. The Balaban J connectivity index is 1.77. The van der Waals surface area contributed by atoms with Gasteiger partial charge >= 0.3 is 0 Å². The zero-order valence-corrected chi connectivity index (χ0v) is 14.8. The first-order chi connectivity index (χ1) is 11.4. The van der Waals surface area contributed by atoms with Gasteiger partial charge in [0.25, 0.3) is 0 Å². The molecular formula is C21H28N2O. The molecule has 3 fully saturated rings. The van der Waals surface area contributed by atoms with E-state index in [-0.39, 0.29) is 29.0 Å². The standard InChI is InChI=1S/C21H28N2O/c1-20-9-7-14(24)11-13(20)12-17(22-3)19-15-5-6-18(23-4)21(15,2)10-8-16(19)20/h12,14-19,24H,5-11H2,1-2H3/t14?,15-,16-,17?,18-,19-,20-,21-/m0/s1. The SMILES string of the molecule is [C-]#[N+]C1C=C2CC(O)CC[C@]2(C)[C@H]2CC[C@]3(C)[C@@H]([N+]#[C-])CC[C@H]3[C@H]12. The topological polar surface area (TPSA) is 28.9 Å². The zero-order valence-electron chi connectivity index (χ0n) is 14.8. The third-order valence-corrected chi connectivity index (χ3v) is 8.36. The van der Waals surface area contributed by atoms with Crippen LogP contribution in [0, 0.1) is 41.7 Å². The van der Waals surface area contributed by atoms with Crippen LogP contribution >= 0.6 is 0 Å². The molecule has 4 aliphatic rings. The Bertz CT molecular complexity index is 656. The minimum Gasteiger partial charge on any atom is -0.393 e. The highest BCUT2D eigenvalue weighted by Crippen LogP contribution is 2.65. The quantitative estimate of drug-likeness (QED) is 0.516. The molecule has 0 amide bonds. The van der Waals surface area contributed by atoms with Crippen molar-refractivity contribution in [3.63, 3.8) is 0 Å². The number of aliphatic hydroxyl groups excluding tert-OH is 1. The van der Waals surface area contributed by atoms with Crippen molar-refractivity contribution >= 4 is 0 Å². The number of aliphatic hydroxyl groups is 1. The second kappa shape index (κ2) is 5.34. The average Bonchev–Trinajstić information content (AvgIpc) is 2.91. The summed E-state index contributed by atoms with van der Waals surface area (Å²) in [5, 5.41) is 10.1. The molecule has 0 saturated heterocycles. The lowest BCUT2D eigenvalue weighted by Gasteiger charge is -2.56. The molecule has 4 aliphatic carbocycles. The summed E-state index contributed by atoms with van der Waals surface area (Å²) in [5.74, 6) is 1.50. The van der Waals surface area contributed by atoms with E-state index < -0.39 is 0 Å². The fourth-order valence-corrected chi connectivity index (χ4v) is 6.94. The zero-order chi connectivity index (χ0) is 17.1. The van der Waals surface area contributed by atoms with Crippen LogP contribution in [-0.4, -0.2) is 23.3 Å². The van der Waals surface area contributed by atoms with Crippen LogP contribution in [0.3, 0.4) is 0 Å². The Kier molecular flexibility index (Phi) is 3.59. The summed E-state index contributed by atoms with van der Waals surface area (Å²) in [5.41, 5.74) is 1.64. The molecule has 4 rings (SSSR count). The van der Waals surface area contributed by atoms with E-state index in [1.165, 1.54) is 5.57 Å². The van der Waals surface area contributed by atoms with Gasteiger partial charge in [-0.25, -0.2) is 13.1 Å². The van der Waals surface area contributed by atoms with Crippen molar-refractivity contribution in [3.05, 3.63) is 34.5 Å². The molecule has 0 bridgehead atoms. The molecule has 0 aromatic carbocycles. The molecular weight excluding hydrogens is 296 g/mol. The van der Waals surface area contributed by atoms with Gasteiger partial charge in [0.15, 0.2) is 0 Å². The number of rotatable bonds is 0. The molecule has 2 unspecified atom stereocenters. The second-order valence-electron chi connectivity index (χ2n) is 9.18. The maximum Gasteiger partial charge on any atom is 0.245 e. The number of hydrogen-bond donors (Lipinski definition) is 1. The Morgan fingerprint density at radius 3 is 2.54 bits per heavy atom. The van der Waals surface area contributed by atoms with E-state index in [2.05, 4.69) is 29.6 Å². The Morgan fingerprint density at radius 1 is 1.04 bits per heavy atom. The first-order valence-corrected chi connectivity index (χ1v) is 9.56. The highest BCUT2D eigenvalue weighted by molar-refractivity contribution is 5.31. The maximum absolute atomic E-state index is 10.1. The van der Waals surface area contributed by atoms with Crippen LogP contribution < -0.4 is 0 Å². The summed E-state index contributed by atoms with van der Waals surface area (Å²) < 4.78 is 0. The lowest BCUT2D eigenvalue weighted by molar-refractivity contribution is -0.0397. The molecule has 3 nitrogen and oxygen atoms in total. The highest BCUT2D eigenvalue weighted by Gasteiger charge is 2.64. The normalized spacial score (nSPS) is 53.0. The monoisotopic (exact) mass is 324 g/mol. The molecule has 3 heteroatoms. The molecule has 0 aromatic heterocycles. The predicted molar refractivity (Wildman–Crippen MR) is 93.9 cm³/mol. The molecule has 3 saturated carbocycles. The smallest absolute Gasteiger partial charge is 0.245 e. The van der Waals surface area contributed by atoms with E-state index in [9.17, 15) is 5.11 Å². The lowest BCUT2D eigenvalue weighted by atomic mass is 9.47. The summed E-state index contributed by atoms with van der Waals surface area (Å²) in [7, 11) is 0. The van der Waals surface area contributed by atoms with Gasteiger partial charge in [-0.2, -0.15) is 0 Å². The Labute approximate surface area is 145 Å². The number of fused-ring (bicyclic) bond motifs is 5. The lowest BCUT2D eigenvalue weighted by Crippen LogP contribution is -2.54. The largest absolute Gasteiger partial charge is 0.393 e. The van der Waals surface area contributed by atoms with Crippen molar-refractivity contribution in [2.75, 3.05) is 0 Å². The fraction of sp³-hybridized carbons (Fsp3) is 0.810. The van der Waals surface area contributed by atoms with Crippen molar-refractivity contribution in [1.82, 2.24) is 0 Å². The van der Waals surface area contributed by atoms with Gasteiger partial charge in [0, 0.05) is 17.8 Å². The second-order valence-corrected chi connectivity index (χ2v) is 9.18. The van der Waals surface area contributed by atoms with Crippen molar-refractivity contribution in [3.8, 4) is 0 Å². The van der Waals surface area contributed by atoms with Crippen LogP contribution in [-0.2, 0) is 0 Å². The van der Waals surface area contributed by atoms with Crippen LogP contribution in [0.4, 0.5) is 0 Å². The molecule has 24 heavy (non-hydrogen) atoms. The van der Waals surface area contributed by atoms with E-state index in [1.54, 1.807) is 0 Å². The van der Waals surface area contributed by atoms with Crippen LogP contribution in [0.1, 0.15) is 58.8 Å². The average molecular weight is 324 g/mol. The van der Waals surface area contributed by atoms with Gasteiger partial charge < -0.3 is 14.8 Å². The minimum atomic E-state index is -0.223. The predicted octanol–water partition coefficient (Wildman–Crippen LogP) is 4.50. The molecule has 0 spiro atoms. The van der Waals surface area contributed by atoms with Gasteiger partial charge in [0.2, 0.25) is 12.1 Å². The molecule has 0 radical (unpaired) electrons. The van der Waals surface area contributed by atoms with Crippen LogP contribution in [0.15, 0.2) is 11.6 Å². The molecule has 128 valence electrons. The Hall–Kier alpha value is -1.32. The van der Waals surface area contributed by atoms with Crippen molar-refractivity contribution in [1.29, 1.82) is 0 Å². The van der Waals surface area contributed by atoms with Crippen molar-refractivity contribution in [2.45, 2.75) is 77.0 Å². The fourth-order valence-electron chi connectivity index (χ4n) is 6.94. The van der Waals surface area contributed by atoms with Gasteiger partial charge in [-0.1, -0.05) is 19.4 Å². The first-order valence-electron chi connectivity index (χ1n) is 9.56. The molecule has 8 atom stereocenters. The van der Waals surface area contributed by atoms with Crippen LogP contribution in [0.25, 0.3) is 9.69 Å². The van der Waals surface area contributed by atoms with Crippen LogP contribution in [0.2, 0.25) is 0 Å². The van der Waals surface area contributed by atoms with Gasteiger partial charge in [-0.15, -0.1) is 0 Å². The van der Waals surface area contributed by atoms with E-state index >= 15 is 0 Å². The minimum absolute atomic E-state index is 0.0440. The van der Waals surface area contributed by atoms with E-state index in [0.29, 0.717) is 17.8 Å². The third-order valence-electron chi connectivity index (χ3n) is 8.36. The van der Waals surface area contributed by atoms with Gasteiger partial charge in [0.05, 0.1) is 6.10 Å². The number of hydrogen-bond acceptors (Lipinski definition) is 1. The molecule has 0 aliphatic heterocycles. The summed E-state index contributed by atoms with van der Waals surface area (Å²) in [6.45, 7) is 20.1. The molecule has 1 N–H and O–H groups in total. The van der Waals surface area contributed by atoms with Gasteiger partial charge in [-0.3, -0.25) is 0 Å². The summed E-state index contributed by atoms with van der Waals surface area (Å²) in [4.78, 5) is 8.00. The summed E-state index contributed by atoms with van der Waals surface area (Å²) in [6.07, 6.45) is 9.16. The van der Waals surface area contributed by atoms with E-state index in [1.807, 2.05) is 0 Å². The Morgan fingerprint density at radius 2 is 1.83 bits per heavy atom. The molecule has 0 heterocycles.